The summed E-state index contributed by atoms with van der Waals surface area (Å²) in [5.74, 6) is 1.04. The molecule has 0 aliphatic rings. The van der Waals surface area contributed by atoms with Crippen LogP contribution in [0.5, 0.6) is 0 Å². The minimum atomic E-state index is -0.729. The van der Waals surface area contributed by atoms with Crippen LogP contribution < -0.4 is 5.32 Å². The van der Waals surface area contributed by atoms with E-state index in [0.29, 0.717) is 16.0 Å². The second-order valence-electron chi connectivity index (χ2n) is 3.85. The van der Waals surface area contributed by atoms with Gasteiger partial charge in [-0.3, -0.25) is 4.79 Å². The molecule has 0 saturated carbocycles. The van der Waals surface area contributed by atoms with Crippen LogP contribution in [-0.2, 0) is 9.53 Å². The van der Waals surface area contributed by atoms with Gasteiger partial charge in [-0.2, -0.15) is 0 Å². The summed E-state index contributed by atoms with van der Waals surface area (Å²) in [5, 5.41) is 3.59. The van der Waals surface area contributed by atoms with E-state index in [1.807, 2.05) is 0 Å². The third-order valence-electron chi connectivity index (χ3n) is 2.40. The van der Waals surface area contributed by atoms with Gasteiger partial charge < -0.3 is 14.5 Å². The van der Waals surface area contributed by atoms with E-state index >= 15 is 0 Å². The molecule has 0 spiro atoms. The van der Waals surface area contributed by atoms with Gasteiger partial charge in [0.25, 0.3) is 5.91 Å². The van der Waals surface area contributed by atoms with Gasteiger partial charge in [-0.15, -0.1) is 6.42 Å². The predicted octanol–water partition coefficient (Wildman–Crippen LogP) is 1.99. The molecular weight excluding hydrogens is 282 g/mol. The normalized spacial score (nSPS) is 10.0. The summed E-state index contributed by atoms with van der Waals surface area (Å²) in [4.78, 5) is 22.9. The van der Waals surface area contributed by atoms with Gasteiger partial charge in [-0.25, -0.2) is 4.79 Å². The molecule has 1 heterocycles. The standard InChI is InChI=1S/C14H10ClNO4/c1-2-5-16-13(17)8-19-14(18)12-7-9-6-10(15)3-4-11(9)20-12/h1,3-4,6-7H,5,8H2,(H,16,17). The van der Waals surface area contributed by atoms with Crippen molar-refractivity contribution in [3.05, 3.63) is 35.0 Å². The van der Waals surface area contributed by atoms with Crippen molar-refractivity contribution in [1.29, 1.82) is 0 Å². The first-order valence-corrected chi connectivity index (χ1v) is 6.04. The fourth-order valence-corrected chi connectivity index (χ4v) is 1.70. The fraction of sp³-hybridized carbons (Fsp3) is 0.143. The Morgan fingerprint density at radius 2 is 2.20 bits per heavy atom. The zero-order valence-corrected chi connectivity index (χ0v) is 11.1. The molecule has 0 fully saturated rings. The van der Waals surface area contributed by atoms with Crippen molar-refractivity contribution in [2.24, 2.45) is 0 Å². The molecule has 2 rings (SSSR count). The van der Waals surface area contributed by atoms with Crippen molar-refractivity contribution in [2.75, 3.05) is 13.2 Å². The maximum atomic E-state index is 11.7. The van der Waals surface area contributed by atoms with Gasteiger partial charge in [0.15, 0.2) is 6.61 Å². The Morgan fingerprint density at radius 1 is 1.40 bits per heavy atom. The summed E-state index contributed by atoms with van der Waals surface area (Å²) in [7, 11) is 0. The van der Waals surface area contributed by atoms with Crippen molar-refractivity contribution in [3.8, 4) is 12.3 Å². The average molecular weight is 292 g/mol. The molecule has 1 aromatic heterocycles. The first-order chi connectivity index (χ1) is 9.60. The Morgan fingerprint density at radius 3 is 2.95 bits per heavy atom. The molecule has 1 aromatic carbocycles. The molecule has 0 bridgehead atoms. The van der Waals surface area contributed by atoms with Crippen molar-refractivity contribution in [2.45, 2.75) is 0 Å². The smallest absolute Gasteiger partial charge is 0.374 e. The van der Waals surface area contributed by atoms with Crippen LogP contribution in [0.3, 0.4) is 0 Å². The van der Waals surface area contributed by atoms with Crippen LogP contribution in [0.4, 0.5) is 0 Å². The number of hydrogen-bond acceptors (Lipinski definition) is 4. The number of amides is 1. The number of carbonyl (C=O) groups excluding carboxylic acids is 2. The molecule has 0 unspecified atom stereocenters. The number of rotatable bonds is 4. The highest BCUT2D eigenvalue weighted by atomic mass is 35.5. The number of nitrogens with one attached hydrogen (secondary N) is 1. The highest BCUT2D eigenvalue weighted by Gasteiger charge is 2.15. The maximum Gasteiger partial charge on any atom is 0.374 e. The van der Waals surface area contributed by atoms with E-state index in [0.717, 1.165) is 0 Å². The first kappa shape index (κ1) is 14.0. The molecular formula is C14H10ClNO4. The molecule has 1 amide bonds. The van der Waals surface area contributed by atoms with Crippen LogP contribution in [0.1, 0.15) is 10.6 Å². The Balaban J connectivity index is 2.01. The van der Waals surface area contributed by atoms with E-state index in [2.05, 4.69) is 11.2 Å². The summed E-state index contributed by atoms with van der Waals surface area (Å²) >= 11 is 5.83. The van der Waals surface area contributed by atoms with Crippen LogP contribution in [0.25, 0.3) is 11.0 Å². The molecule has 5 nitrogen and oxygen atoms in total. The highest BCUT2D eigenvalue weighted by molar-refractivity contribution is 6.31. The quantitative estimate of drug-likeness (QED) is 0.691. The van der Waals surface area contributed by atoms with Crippen LogP contribution in [-0.4, -0.2) is 25.0 Å². The predicted molar refractivity (Wildman–Crippen MR) is 73.3 cm³/mol. The van der Waals surface area contributed by atoms with Crippen LogP contribution in [0.15, 0.2) is 28.7 Å². The molecule has 1 N–H and O–H groups in total. The SMILES string of the molecule is C#CCNC(=O)COC(=O)c1cc2cc(Cl)ccc2o1. The molecule has 0 aliphatic heterocycles. The molecule has 20 heavy (non-hydrogen) atoms. The van der Waals surface area contributed by atoms with Crippen molar-refractivity contribution in [1.82, 2.24) is 5.32 Å². The number of furan rings is 1. The van der Waals surface area contributed by atoms with E-state index in [9.17, 15) is 9.59 Å². The van der Waals surface area contributed by atoms with Gasteiger partial charge in [0, 0.05) is 10.4 Å². The minimum Gasteiger partial charge on any atom is -0.450 e. The van der Waals surface area contributed by atoms with Crippen molar-refractivity contribution < 1.29 is 18.7 Å². The Bertz CT molecular complexity index is 699. The Labute approximate surface area is 119 Å². The second-order valence-corrected chi connectivity index (χ2v) is 4.29. The topological polar surface area (TPSA) is 68.5 Å². The molecule has 0 aliphatic carbocycles. The second kappa shape index (κ2) is 6.13. The number of esters is 1. The monoisotopic (exact) mass is 291 g/mol. The average Bonchev–Trinajstić information content (AvgIpc) is 2.85. The molecule has 0 saturated heterocycles. The Kier molecular flexibility index (Phi) is 4.28. The van der Waals surface area contributed by atoms with Crippen LogP contribution in [0.2, 0.25) is 5.02 Å². The van der Waals surface area contributed by atoms with E-state index in [4.69, 9.17) is 27.2 Å². The number of terminal acetylenes is 1. The number of fused-ring (bicyclic) bond motifs is 1. The lowest BCUT2D eigenvalue weighted by Gasteiger charge is -2.02. The highest BCUT2D eigenvalue weighted by Crippen LogP contribution is 2.23. The summed E-state index contributed by atoms with van der Waals surface area (Å²) in [6, 6.07) is 6.46. The molecule has 102 valence electrons. The van der Waals surface area contributed by atoms with Gasteiger partial charge in [0.05, 0.1) is 6.54 Å². The first-order valence-electron chi connectivity index (χ1n) is 5.66. The third-order valence-corrected chi connectivity index (χ3v) is 2.64. The lowest BCUT2D eigenvalue weighted by atomic mass is 10.2. The molecule has 0 atom stereocenters. The van der Waals surface area contributed by atoms with Crippen molar-refractivity contribution >= 4 is 34.4 Å². The summed E-state index contributed by atoms with van der Waals surface area (Å²) in [6.07, 6.45) is 4.98. The zero-order valence-electron chi connectivity index (χ0n) is 10.3. The number of hydrogen-bond donors (Lipinski definition) is 1. The summed E-state index contributed by atoms with van der Waals surface area (Å²) in [6.45, 7) is -0.335. The third kappa shape index (κ3) is 3.31. The zero-order chi connectivity index (χ0) is 14.5. The Hall–Kier alpha value is -2.45. The van der Waals surface area contributed by atoms with E-state index < -0.39 is 18.5 Å². The number of benzene rings is 1. The van der Waals surface area contributed by atoms with Crippen LogP contribution in [0, 0.1) is 12.3 Å². The lowest BCUT2D eigenvalue weighted by molar-refractivity contribution is -0.124. The van der Waals surface area contributed by atoms with Gasteiger partial charge in [-0.05, 0) is 24.3 Å². The molecule has 6 heteroatoms. The van der Waals surface area contributed by atoms with Gasteiger partial charge >= 0.3 is 5.97 Å². The van der Waals surface area contributed by atoms with Gasteiger partial charge in [-0.1, -0.05) is 17.5 Å². The summed E-state index contributed by atoms with van der Waals surface area (Å²) < 4.78 is 10.1. The largest absolute Gasteiger partial charge is 0.450 e. The molecule has 0 radical (unpaired) electrons. The number of halogens is 1. The maximum absolute atomic E-state index is 11.7. The van der Waals surface area contributed by atoms with Crippen molar-refractivity contribution in [3.63, 3.8) is 0 Å². The summed E-state index contributed by atoms with van der Waals surface area (Å²) in [5.41, 5.74) is 0.512. The number of ether oxygens (including phenoxy) is 1. The number of carbonyl (C=O) groups is 2. The lowest BCUT2D eigenvalue weighted by Crippen LogP contribution is -2.28. The minimum absolute atomic E-state index is 0.00650. The van der Waals surface area contributed by atoms with E-state index in [1.165, 1.54) is 6.07 Å². The van der Waals surface area contributed by atoms with Gasteiger partial charge in [0.1, 0.15) is 5.58 Å². The fourth-order valence-electron chi connectivity index (χ4n) is 1.52. The van der Waals surface area contributed by atoms with Crippen LogP contribution >= 0.6 is 11.6 Å². The van der Waals surface area contributed by atoms with E-state index in [-0.39, 0.29) is 12.3 Å². The molecule has 2 aromatic rings. The van der Waals surface area contributed by atoms with Gasteiger partial charge in [0.2, 0.25) is 5.76 Å². The van der Waals surface area contributed by atoms with E-state index in [1.54, 1.807) is 18.2 Å².